The van der Waals surface area contributed by atoms with Gasteiger partial charge in [-0.3, -0.25) is 4.90 Å². The lowest BCUT2D eigenvalue weighted by molar-refractivity contribution is 0.274. The molecule has 3 nitrogen and oxygen atoms in total. The first-order valence-electron chi connectivity index (χ1n) is 7.19. The van der Waals surface area contributed by atoms with Crippen LogP contribution in [0.15, 0.2) is 18.3 Å². The van der Waals surface area contributed by atoms with Crippen LogP contribution in [0.4, 0.5) is 5.82 Å². The molecule has 1 atom stereocenters. The smallest absolute Gasteiger partial charge is 0.130 e. The number of nitrogens with one attached hydrogen (secondary N) is 1. The van der Waals surface area contributed by atoms with Crippen LogP contribution in [-0.4, -0.2) is 29.5 Å². The minimum atomic E-state index is 0.886. The molecule has 2 heterocycles. The van der Waals surface area contributed by atoms with Crippen LogP contribution in [0, 0.1) is 5.92 Å². The van der Waals surface area contributed by atoms with Crippen LogP contribution in [-0.2, 0) is 6.54 Å². The lowest BCUT2D eigenvalue weighted by atomic mass is 10.0. The monoisotopic (exact) mass is 247 g/mol. The second-order valence-corrected chi connectivity index (χ2v) is 5.35. The molecule has 0 aliphatic carbocycles. The summed E-state index contributed by atoms with van der Waals surface area (Å²) in [7, 11) is 0. The fourth-order valence-electron chi connectivity index (χ4n) is 2.61. The van der Waals surface area contributed by atoms with Crippen molar-refractivity contribution in [2.24, 2.45) is 5.92 Å². The highest BCUT2D eigenvalue weighted by atomic mass is 15.1. The Bertz CT molecular complexity index is 365. The van der Waals surface area contributed by atoms with E-state index in [4.69, 9.17) is 0 Å². The molecule has 1 unspecified atom stereocenters. The first kappa shape index (κ1) is 13.3. The van der Waals surface area contributed by atoms with E-state index >= 15 is 0 Å². The summed E-state index contributed by atoms with van der Waals surface area (Å²) in [6.07, 6.45) is 5.91. The van der Waals surface area contributed by atoms with E-state index in [0.717, 1.165) is 24.8 Å². The van der Waals surface area contributed by atoms with Gasteiger partial charge in [0.25, 0.3) is 0 Å². The quantitative estimate of drug-likeness (QED) is 0.886. The summed E-state index contributed by atoms with van der Waals surface area (Å²) in [5, 5.41) is 3.35. The van der Waals surface area contributed by atoms with Crippen LogP contribution in [0.3, 0.4) is 0 Å². The van der Waals surface area contributed by atoms with Gasteiger partial charge in [0, 0.05) is 24.8 Å². The molecule has 1 fully saturated rings. The maximum Gasteiger partial charge on any atom is 0.130 e. The van der Waals surface area contributed by atoms with Crippen molar-refractivity contribution in [2.45, 2.75) is 39.7 Å². The van der Waals surface area contributed by atoms with E-state index in [2.05, 4.69) is 35.1 Å². The molecule has 100 valence electrons. The van der Waals surface area contributed by atoms with Crippen molar-refractivity contribution in [1.82, 2.24) is 9.88 Å². The number of likely N-dealkylation sites (tertiary alicyclic amines) is 1. The Balaban J connectivity index is 1.99. The number of aromatic nitrogens is 1. The van der Waals surface area contributed by atoms with Crippen molar-refractivity contribution in [3.63, 3.8) is 0 Å². The van der Waals surface area contributed by atoms with E-state index in [0.29, 0.717) is 0 Å². The maximum absolute atomic E-state index is 4.43. The number of nitrogens with zero attached hydrogens (tertiary/aromatic N) is 2. The van der Waals surface area contributed by atoms with Gasteiger partial charge in [-0.2, -0.15) is 0 Å². The highest BCUT2D eigenvalue weighted by Gasteiger charge is 2.15. The molecule has 1 aromatic heterocycles. The molecule has 1 N–H and O–H groups in total. The molecule has 1 aliphatic heterocycles. The number of hydrogen-bond donors (Lipinski definition) is 1. The Morgan fingerprint density at radius 1 is 1.39 bits per heavy atom. The molecule has 0 bridgehead atoms. The molecule has 18 heavy (non-hydrogen) atoms. The van der Waals surface area contributed by atoms with Gasteiger partial charge in [0.2, 0.25) is 0 Å². The highest BCUT2D eigenvalue weighted by Crippen LogP contribution is 2.20. The Hall–Kier alpha value is -1.09. The Labute approximate surface area is 111 Å². The van der Waals surface area contributed by atoms with Gasteiger partial charge in [0.1, 0.15) is 5.82 Å². The van der Waals surface area contributed by atoms with Crippen molar-refractivity contribution >= 4 is 5.82 Å². The predicted molar refractivity (Wildman–Crippen MR) is 76.7 cm³/mol. The Morgan fingerprint density at radius 2 is 2.28 bits per heavy atom. The number of hydrogen-bond acceptors (Lipinski definition) is 3. The predicted octanol–water partition coefficient (Wildman–Crippen LogP) is 3.14. The van der Waals surface area contributed by atoms with Gasteiger partial charge < -0.3 is 5.32 Å². The van der Waals surface area contributed by atoms with E-state index in [1.54, 1.807) is 0 Å². The zero-order valence-corrected chi connectivity index (χ0v) is 11.7. The number of rotatable bonds is 4. The molecule has 1 saturated heterocycles. The van der Waals surface area contributed by atoms with Crippen molar-refractivity contribution in [3.8, 4) is 0 Å². The summed E-state index contributed by atoms with van der Waals surface area (Å²) in [5.41, 5.74) is 1.33. The zero-order chi connectivity index (χ0) is 12.8. The second-order valence-electron chi connectivity index (χ2n) is 5.35. The van der Waals surface area contributed by atoms with Gasteiger partial charge >= 0.3 is 0 Å². The summed E-state index contributed by atoms with van der Waals surface area (Å²) in [6.45, 7) is 8.90. The standard InChI is InChI=1S/C15H25N3/c1-3-16-15-14(7-4-9-17-15)12-18-10-5-6-13(2)8-11-18/h4,7,9,13H,3,5-6,8,10-12H2,1-2H3,(H,16,17). The molecule has 3 heteroatoms. The molecule has 0 spiro atoms. The van der Waals surface area contributed by atoms with Crippen molar-refractivity contribution in [3.05, 3.63) is 23.9 Å². The van der Waals surface area contributed by atoms with Crippen LogP contribution < -0.4 is 5.32 Å². The van der Waals surface area contributed by atoms with Crippen LogP contribution in [0.5, 0.6) is 0 Å². The molecular formula is C15H25N3. The van der Waals surface area contributed by atoms with Crippen LogP contribution in [0.1, 0.15) is 38.7 Å². The van der Waals surface area contributed by atoms with Crippen molar-refractivity contribution in [1.29, 1.82) is 0 Å². The molecule has 0 amide bonds. The molecular weight excluding hydrogens is 222 g/mol. The van der Waals surface area contributed by atoms with Gasteiger partial charge in [0.05, 0.1) is 0 Å². The summed E-state index contributed by atoms with van der Waals surface area (Å²) in [6, 6.07) is 4.23. The molecule has 2 rings (SSSR count). The van der Waals surface area contributed by atoms with Crippen LogP contribution in [0.2, 0.25) is 0 Å². The summed E-state index contributed by atoms with van der Waals surface area (Å²) in [5.74, 6) is 1.94. The Morgan fingerprint density at radius 3 is 3.11 bits per heavy atom. The lowest BCUT2D eigenvalue weighted by Gasteiger charge is -2.21. The lowest BCUT2D eigenvalue weighted by Crippen LogP contribution is -2.25. The van der Waals surface area contributed by atoms with E-state index in [1.165, 1.54) is 37.9 Å². The third-order valence-corrected chi connectivity index (χ3v) is 3.74. The first-order valence-corrected chi connectivity index (χ1v) is 7.19. The van der Waals surface area contributed by atoms with Crippen LogP contribution in [0.25, 0.3) is 0 Å². The third kappa shape index (κ3) is 3.70. The van der Waals surface area contributed by atoms with Gasteiger partial charge in [0.15, 0.2) is 0 Å². The molecule has 1 aliphatic rings. The van der Waals surface area contributed by atoms with Gasteiger partial charge in [-0.15, -0.1) is 0 Å². The minimum Gasteiger partial charge on any atom is -0.370 e. The minimum absolute atomic E-state index is 0.886. The second kappa shape index (κ2) is 6.74. The fourth-order valence-corrected chi connectivity index (χ4v) is 2.61. The summed E-state index contributed by atoms with van der Waals surface area (Å²) >= 11 is 0. The molecule has 0 saturated carbocycles. The zero-order valence-electron chi connectivity index (χ0n) is 11.7. The maximum atomic E-state index is 4.43. The highest BCUT2D eigenvalue weighted by molar-refractivity contribution is 5.43. The molecule has 0 aromatic carbocycles. The van der Waals surface area contributed by atoms with Crippen LogP contribution >= 0.6 is 0 Å². The topological polar surface area (TPSA) is 28.2 Å². The normalized spacial score (nSPS) is 21.6. The average molecular weight is 247 g/mol. The van der Waals surface area contributed by atoms with E-state index < -0.39 is 0 Å². The number of pyridine rings is 1. The van der Waals surface area contributed by atoms with Crippen molar-refractivity contribution in [2.75, 3.05) is 25.0 Å². The van der Waals surface area contributed by atoms with Gasteiger partial charge in [-0.1, -0.05) is 13.0 Å². The van der Waals surface area contributed by atoms with E-state index in [-0.39, 0.29) is 0 Å². The first-order chi connectivity index (χ1) is 8.79. The Kier molecular flexibility index (Phi) is 5.00. The van der Waals surface area contributed by atoms with Crippen molar-refractivity contribution < 1.29 is 0 Å². The van der Waals surface area contributed by atoms with Gasteiger partial charge in [-0.05, 0) is 51.3 Å². The summed E-state index contributed by atoms with van der Waals surface area (Å²) < 4.78 is 0. The fraction of sp³-hybridized carbons (Fsp3) is 0.667. The molecule has 1 aromatic rings. The third-order valence-electron chi connectivity index (χ3n) is 3.74. The van der Waals surface area contributed by atoms with Gasteiger partial charge in [-0.25, -0.2) is 4.98 Å². The number of anilines is 1. The molecule has 0 radical (unpaired) electrons. The van der Waals surface area contributed by atoms with E-state index in [1.807, 2.05) is 12.3 Å². The van der Waals surface area contributed by atoms with E-state index in [9.17, 15) is 0 Å². The summed E-state index contributed by atoms with van der Waals surface area (Å²) in [4.78, 5) is 7.01. The SMILES string of the molecule is CCNc1ncccc1CN1CCCC(C)CC1. The largest absolute Gasteiger partial charge is 0.370 e. The average Bonchev–Trinajstić information content (AvgIpc) is 2.57.